The van der Waals surface area contributed by atoms with E-state index in [1.54, 1.807) is 48.1 Å². The second-order valence-electron chi connectivity index (χ2n) is 6.51. The molecule has 0 aliphatic heterocycles. The lowest BCUT2D eigenvalue weighted by atomic mass is 10.1. The molecule has 0 radical (unpaired) electrons. The highest BCUT2D eigenvalue weighted by molar-refractivity contribution is 7.81. The molecule has 0 fully saturated rings. The summed E-state index contributed by atoms with van der Waals surface area (Å²) in [7, 11) is 0. The Morgan fingerprint density at radius 3 is 2.38 bits per heavy atom. The van der Waals surface area contributed by atoms with Crippen LogP contribution in [0.5, 0.6) is 0 Å². The van der Waals surface area contributed by atoms with Gasteiger partial charge in [-0.25, -0.2) is 0 Å². The highest BCUT2D eigenvalue weighted by Gasteiger charge is 2.25. The van der Waals surface area contributed by atoms with Gasteiger partial charge in [-0.15, -0.1) is 0 Å². The summed E-state index contributed by atoms with van der Waals surface area (Å²) in [4.78, 5) is 11.1. The van der Waals surface area contributed by atoms with Crippen molar-refractivity contribution in [2.24, 2.45) is 0 Å². The largest absolute Gasteiger partial charge is 0.502 e. The predicted octanol–water partition coefficient (Wildman–Crippen LogP) is 4.82. The fourth-order valence-electron chi connectivity index (χ4n) is 2.88. The third kappa shape index (κ3) is 4.47. The van der Waals surface area contributed by atoms with Gasteiger partial charge >= 0.3 is 0 Å². The number of thiocarbonyl (C=S) groups is 1. The summed E-state index contributed by atoms with van der Waals surface area (Å²) in [6.07, 6.45) is 3.50. The minimum Gasteiger partial charge on any atom is -0.502 e. The van der Waals surface area contributed by atoms with Crippen molar-refractivity contribution in [2.75, 3.05) is 5.32 Å². The number of nitro groups is 1. The molecule has 7 heteroatoms. The van der Waals surface area contributed by atoms with Gasteiger partial charge in [0.2, 0.25) is 0 Å². The van der Waals surface area contributed by atoms with E-state index in [2.05, 4.69) is 5.32 Å². The summed E-state index contributed by atoms with van der Waals surface area (Å²) in [6.45, 7) is 3.60. The topological polar surface area (TPSA) is 79.3 Å². The fourth-order valence-corrected chi connectivity index (χ4v) is 3.19. The quantitative estimate of drug-likeness (QED) is 0.159. The van der Waals surface area contributed by atoms with Crippen LogP contribution in [0.1, 0.15) is 16.7 Å². The minimum atomic E-state index is -0.467. The van der Waals surface area contributed by atoms with Crippen molar-refractivity contribution in [1.82, 2.24) is 0 Å². The molecule has 6 nitrogen and oxygen atoms in total. The van der Waals surface area contributed by atoms with Crippen LogP contribution >= 0.6 is 12.2 Å². The number of aromatic nitrogens is 1. The second kappa shape index (κ2) is 8.62. The molecule has 0 unspecified atom stereocenters. The smallest absolute Gasteiger partial charge is 0.288 e. The number of hydrogen-bond acceptors (Lipinski definition) is 4. The number of hydrogen-bond donors (Lipinski definition) is 2. The molecule has 0 bridgehead atoms. The van der Waals surface area contributed by atoms with Gasteiger partial charge in [0.25, 0.3) is 11.4 Å². The molecule has 2 N–H and O–H groups in total. The number of aryl methyl sites for hydroxylation is 2. The van der Waals surface area contributed by atoms with E-state index in [0.717, 1.165) is 11.3 Å². The highest BCUT2D eigenvalue weighted by Crippen LogP contribution is 2.26. The zero-order valence-electron chi connectivity index (χ0n) is 16.0. The van der Waals surface area contributed by atoms with Gasteiger partial charge < -0.3 is 10.4 Å². The Labute approximate surface area is 173 Å². The first-order valence-corrected chi connectivity index (χ1v) is 9.31. The zero-order valence-corrected chi connectivity index (χ0v) is 16.8. The molecule has 0 saturated carbocycles. The maximum atomic E-state index is 11.3. The number of anilines is 1. The third-order valence-electron chi connectivity index (χ3n) is 4.49. The number of aliphatic hydroxyl groups excluding tert-OH is 1. The Kier molecular flexibility index (Phi) is 5.99. The molecule has 1 aromatic heterocycles. The molecule has 3 rings (SSSR count). The van der Waals surface area contributed by atoms with Crippen molar-refractivity contribution in [3.8, 4) is 0 Å². The van der Waals surface area contributed by atoms with Gasteiger partial charge in [-0.05, 0) is 25.5 Å². The number of rotatable bonds is 5. The van der Waals surface area contributed by atoms with Crippen molar-refractivity contribution < 1.29 is 14.6 Å². The minimum absolute atomic E-state index is 0.0655. The standard InChI is InChI=1S/C22H19N3O3S/c1-15-8-4-5-9-18(15)23-22(29)20(24-12-6-3-7-13-24)21(26)17-11-10-16(2)19(14-17)25(27)28/h3-14H,1-2H3,(H-,23,26,29)/p+1. The van der Waals surface area contributed by atoms with E-state index in [1.165, 1.54) is 6.07 Å². The van der Waals surface area contributed by atoms with Gasteiger partial charge in [0.1, 0.15) is 0 Å². The Bertz CT molecular complexity index is 1110. The van der Waals surface area contributed by atoms with Gasteiger partial charge in [-0.2, -0.15) is 4.57 Å². The van der Waals surface area contributed by atoms with Gasteiger partial charge in [0, 0.05) is 35.0 Å². The first kappa shape index (κ1) is 20.2. The first-order valence-electron chi connectivity index (χ1n) is 8.91. The molecule has 146 valence electrons. The Morgan fingerprint density at radius 1 is 1.03 bits per heavy atom. The molecule has 2 aromatic carbocycles. The molecule has 29 heavy (non-hydrogen) atoms. The lowest BCUT2D eigenvalue weighted by Crippen LogP contribution is -2.38. The zero-order chi connectivity index (χ0) is 21.0. The summed E-state index contributed by atoms with van der Waals surface area (Å²) >= 11 is 5.60. The van der Waals surface area contributed by atoms with E-state index in [0.29, 0.717) is 16.8 Å². The van der Waals surface area contributed by atoms with Crippen LogP contribution in [0.15, 0.2) is 73.1 Å². The molecule has 0 atom stereocenters. The Balaban J connectivity index is 2.13. The number of para-hydroxylation sites is 1. The van der Waals surface area contributed by atoms with Crippen LogP contribution in [-0.2, 0) is 0 Å². The third-order valence-corrected chi connectivity index (χ3v) is 4.78. The van der Waals surface area contributed by atoms with Gasteiger partial charge in [-0.3, -0.25) is 10.1 Å². The van der Waals surface area contributed by atoms with Crippen LogP contribution in [0.3, 0.4) is 0 Å². The lowest BCUT2D eigenvalue weighted by Gasteiger charge is -2.12. The van der Waals surface area contributed by atoms with Crippen LogP contribution in [0, 0.1) is 24.0 Å². The second-order valence-corrected chi connectivity index (χ2v) is 6.92. The van der Waals surface area contributed by atoms with Crippen molar-refractivity contribution in [3.63, 3.8) is 0 Å². The van der Waals surface area contributed by atoms with E-state index in [4.69, 9.17) is 12.2 Å². The van der Waals surface area contributed by atoms with Crippen molar-refractivity contribution >= 4 is 40.0 Å². The average Bonchev–Trinajstić information content (AvgIpc) is 2.71. The molecular formula is C22H20N3O3S+. The van der Waals surface area contributed by atoms with E-state index in [-0.39, 0.29) is 16.4 Å². The molecule has 0 amide bonds. The lowest BCUT2D eigenvalue weighted by molar-refractivity contribution is -0.575. The highest BCUT2D eigenvalue weighted by atomic mass is 32.1. The van der Waals surface area contributed by atoms with E-state index >= 15 is 0 Å². The molecule has 0 aliphatic carbocycles. The SMILES string of the molecule is Cc1ccccc1NC(=S)/C(=C(\O)c1ccc(C)c([N+](=O)[O-])c1)[n+]1ccccc1. The number of pyridine rings is 1. The summed E-state index contributed by atoms with van der Waals surface area (Å²) in [5, 5.41) is 25.5. The number of nitrogens with zero attached hydrogens (tertiary/aromatic N) is 2. The Morgan fingerprint density at radius 2 is 1.72 bits per heavy atom. The molecule has 0 spiro atoms. The number of benzene rings is 2. The first-order chi connectivity index (χ1) is 13.9. The van der Waals surface area contributed by atoms with Crippen LogP contribution in [0.2, 0.25) is 0 Å². The Hall–Kier alpha value is -3.58. The van der Waals surface area contributed by atoms with Crippen molar-refractivity contribution in [2.45, 2.75) is 13.8 Å². The maximum absolute atomic E-state index is 11.3. The normalized spacial score (nSPS) is 11.5. The van der Waals surface area contributed by atoms with Crippen LogP contribution in [0.25, 0.3) is 11.5 Å². The van der Waals surface area contributed by atoms with E-state index < -0.39 is 4.92 Å². The number of aliphatic hydroxyl groups is 1. The molecule has 0 saturated heterocycles. The maximum Gasteiger partial charge on any atom is 0.288 e. The van der Waals surface area contributed by atoms with Gasteiger partial charge in [0.15, 0.2) is 23.1 Å². The van der Waals surface area contributed by atoms with E-state index in [9.17, 15) is 15.2 Å². The summed E-state index contributed by atoms with van der Waals surface area (Å²) in [5.74, 6) is -0.157. The van der Waals surface area contributed by atoms with Crippen LogP contribution in [0.4, 0.5) is 11.4 Å². The molecule has 3 aromatic rings. The molecular weight excluding hydrogens is 386 g/mol. The van der Waals surface area contributed by atoms with Gasteiger partial charge in [-0.1, -0.05) is 48.6 Å². The average molecular weight is 406 g/mol. The van der Waals surface area contributed by atoms with E-state index in [1.807, 2.05) is 37.3 Å². The van der Waals surface area contributed by atoms with Crippen molar-refractivity contribution in [1.29, 1.82) is 0 Å². The van der Waals surface area contributed by atoms with Crippen LogP contribution in [-0.4, -0.2) is 15.0 Å². The van der Waals surface area contributed by atoms with Gasteiger partial charge in [0.05, 0.1) is 4.92 Å². The number of nitrogens with one attached hydrogen (secondary N) is 1. The molecule has 1 heterocycles. The predicted molar refractivity (Wildman–Crippen MR) is 118 cm³/mol. The van der Waals surface area contributed by atoms with Crippen LogP contribution < -0.4 is 9.88 Å². The van der Waals surface area contributed by atoms with Crippen molar-refractivity contribution in [3.05, 3.63) is 99.9 Å². The summed E-state index contributed by atoms with van der Waals surface area (Å²) < 4.78 is 1.68. The summed E-state index contributed by atoms with van der Waals surface area (Å²) in [6, 6.07) is 17.7. The molecule has 0 aliphatic rings. The fraction of sp³-hybridized carbons (Fsp3) is 0.0909. The monoisotopic (exact) mass is 406 g/mol. The number of nitro benzene ring substituents is 1. The summed E-state index contributed by atoms with van der Waals surface area (Å²) in [5.41, 5.74) is 2.89.